The zero-order chi connectivity index (χ0) is 15.2. The molecule has 0 radical (unpaired) electrons. The Morgan fingerprint density at radius 1 is 1.27 bits per heavy atom. The molecular formula is C14H20N6O2. The molecule has 3 heterocycles. The summed E-state index contributed by atoms with van der Waals surface area (Å²) >= 11 is 0. The fraction of sp³-hybridized carbons (Fsp3) is 0.500. The summed E-state index contributed by atoms with van der Waals surface area (Å²) < 4.78 is 10.3. The molecule has 0 spiro atoms. The molecule has 1 aliphatic heterocycles. The molecule has 8 heteroatoms. The van der Waals surface area contributed by atoms with Gasteiger partial charge in [-0.05, 0) is 13.0 Å². The van der Waals surface area contributed by atoms with E-state index in [4.69, 9.17) is 9.26 Å². The van der Waals surface area contributed by atoms with Gasteiger partial charge in [0.25, 0.3) is 0 Å². The molecule has 22 heavy (non-hydrogen) atoms. The summed E-state index contributed by atoms with van der Waals surface area (Å²) in [4.78, 5) is 10.9. The highest BCUT2D eigenvalue weighted by atomic mass is 16.5. The molecule has 0 saturated carbocycles. The van der Waals surface area contributed by atoms with Crippen molar-refractivity contribution in [3.05, 3.63) is 24.1 Å². The Morgan fingerprint density at radius 3 is 2.91 bits per heavy atom. The highest BCUT2D eigenvalue weighted by Crippen LogP contribution is 2.13. The molecular weight excluding hydrogens is 284 g/mol. The van der Waals surface area contributed by atoms with E-state index in [1.807, 2.05) is 13.0 Å². The second-order valence-electron chi connectivity index (χ2n) is 5.09. The number of hydrogen-bond acceptors (Lipinski definition) is 8. The number of anilines is 3. The fourth-order valence-electron chi connectivity index (χ4n) is 2.22. The first-order valence-corrected chi connectivity index (χ1v) is 7.37. The van der Waals surface area contributed by atoms with Crippen LogP contribution in [0.4, 0.5) is 17.6 Å². The number of rotatable bonds is 6. The molecule has 0 amide bonds. The number of aromatic nitrogens is 3. The van der Waals surface area contributed by atoms with Crippen LogP contribution in [0.1, 0.15) is 5.76 Å². The van der Waals surface area contributed by atoms with Gasteiger partial charge in [-0.1, -0.05) is 5.16 Å². The van der Waals surface area contributed by atoms with E-state index in [0.29, 0.717) is 11.8 Å². The lowest BCUT2D eigenvalue weighted by Crippen LogP contribution is -2.39. The highest BCUT2D eigenvalue weighted by molar-refractivity contribution is 5.49. The van der Waals surface area contributed by atoms with Crippen molar-refractivity contribution in [3.63, 3.8) is 0 Å². The van der Waals surface area contributed by atoms with E-state index in [0.717, 1.165) is 51.0 Å². The van der Waals surface area contributed by atoms with Gasteiger partial charge in [0.1, 0.15) is 11.6 Å². The minimum absolute atomic E-state index is 0.490. The number of aryl methyl sites for hydroxylation is 1. The van der Waals surface area contributed by atoms with Crippen molar-refractivity contribution >= 4 is 17.6 Å². The molecule has 2 aromatic rings. The van der Waals surface area contributed by atoms with Crippen molar-refractivity contribution in [1.29, 1.82) is 0 Å². The maximum absolute atomic E-state index is 5.33. The predicted octanol–water partition coefficient (Wildman–Crippen LogP) is 1.26. The van der Waals surface area contributed by atoms with Gasteiger partial charge in [-0.3, -0.25) is 4.90 Å². The third-order valence-corrected chi connectivity index (χ3v) is 3.36. The summed E-state index contributed by atoms with van der Waals surface area (Å²) in [6, 6.07) is 3.64. The molecule has 0 aromatic carbocycles. The quantitative estimate of drug-likeness (QED) is 0.824. The lowest BCUT2D eigenvalue weighted by atomic mass is 10.4. The van der Waals surface area contributed by atoms with Crippen LogP contribution in [0.15, 0.2) is 22.9 Å². The molecule has 1 fully saturated rings. The molecule has 0 unspecified atom stereocenters. The van der Waals surface area contributed by atoms with E-state index in [9.17, 15) is 0 Å². The summed E-state index contributed by atoms with van der Waals surface area (Å²) in [5.41, 5.74) is 0. The lowest BCUT2D eigenvalue weighted by molar-refractivity contribution is 0.0398. The third kappa shape index (κ3) is 4.15. The Kier molecular flexibility index (Phi) is 4.81. The molecule has 0 atom stereocenters. The van der Waals surface area contributed by atoms with Crippen LogP contribution < -0.4 is 10.6 Å². The second-order valence-corrected chi connectivity index (χ2v) is 5.09. The van der Waals surface area contributed by atoms with E-state index >= 15 is 0 Å². The Bertz CT molecular complexity index is 597. The lowest BCUT2D eigenvalue weighted by Gasteiger charge is -2.26. The number of nitrogens with one attached hydrogen (secondary N) is 2. The van der Waals surface area contributed by atoms with Crippen LogP contribution in [0.2, 0.25) is 0 Å². The first-order chi connectivity index (χ1) is 10.8. The number of morpholine rings is 1. The van der Waals surface area contributed by atoms with Gasteiger partial charge in [0.15, 0.2) is 5.82 Å². The van der Waals surface area contributed by atoms with Crippen molar-refractivity contribution in [2.45, 2.75) is 6.92 Å². The van der Waals surface area contributed by atoms with E-state index in [-0.39, 0.29) is 0 Å². The standard InChI is InChI=1S/C14H20N6O2/c1-11-10-13(19-22-11)18-14-16-3-2-12(17-14)15-4-5-20-6-8-21-9-7-20/h2-3,10H,4-9H2,1H3,(H2,15,16,17,18,19). The van der Waals surface area contributed by atoms with Crippen LogP contribution in [0.3, 0.4) is 0 Å². The van der Waals surface area contributed by atoms with Gasteiger partial charge in [0, 0.05) is 38.4 Å². The first-order valence-electron chi connectivity index (χ1n) is 7.37. The van der Waals surface area contributed by atoms with Crippen LogP contribution in [0, 0.1) is 6.92 Å². The summed E-state index contributed by atoms with van der Waals surface area (Å²) in [6.45, 7) is 7.26. The fourth-order valence-corrected chi connectivity index (χ4v) is 2.22. The maximum Gasteiger partial charge on any atom is 0.230 e. The summed E-state index contributed by atoms with van der Waals surface area (Å²) in [7, 11) is 0. The largest absolute Gasteiger partial charge is 0.379 e. The van der Waals surface area contributed by atoms with Gasteiger partial charge >= 0.3 is 0 Å². The Morgan fingerprint density at radius 2 is 2.14 bits per heavy atom. The van der Waals surface area contributed by atoms with Gasteiger partial charge in [0.05, 0.1) is 13.2 Å². The van der Waals surface area contributed by atoms with Gasteiger partial charge < -0.3 is 19.9 Å². The van der Waals surface area contributed by atoms with Crippen LogP contribution in [-0.2, 0) is 4.74 Å². The molecule has 0 bridgehead atoms. The monoisotopic (exact) mass is 304 g/mol. The van der Waals surface area contributed by atoms with Gasteiger partial charge in [-0.15, -0.1) is 0 Å². The summed E-state index contributed by atoms with van der Waals surface area (Å²) in [5.74, 6) is 2.61. The molecule has 0 aliphatic carbocycles. The molecule has 8 nitrogen and oxygen atoms in total. The van der Waals surface area contributed by atoms with Crippen molar-refractivity contribution in [3.8, 4) is 0 Å². The third-order valence-electron chi connectivity index (χ3n) is 3.36. The van der Waals surface area contributed by atoms with Gasteiger partial charge in [0.2, 0.25) is 5.95 Å². The highest BCUT2D eigenvalue weighted by Gasteiger charge is 2.09. The maximum atomic E-state index is 5.33. The molecule has 118 valence electrons. The number of ether oxygens (including phenoxy) is 1. The Hall–Kier alpha value is -2.19. The van der Waals surface area contributed by atoms with Crippen molar-refractivity contribution in [2.75, 3.05) is 50.0 Å². The average molecular weight is 304 g/mol. The van der Waals surface area contributed by atoms with Crippen molar-refractivity contribution < 1.29 is 9.26 Å². The zero-order valence-electron chi connectivity index (χ0n) is 12.6. The second kappa shape index (κ2) is 7.19. The predicted molar refractivity (Wildman–Crippen MR) is 82.3 cm³/mol. The van der Waals surface area contributed by atoms with E-state index in [1.54, 1.807) is 12.3 Å². The van der Waals surface area contributed by atoms with Gasteiger partial charge in [-0.2, -0.15) is 4.98 Å². The molecule has 1 aliphatic rings. The Labute approximate surface area is 128 Å². The average Bonchev–Trinajstić information content (AvgIpc) is 2.94. The Balaban J connectivity index is 1.50. The summed E-state index contributed by atoms with van der Waals surface area (Å²) in [5, 5.41) is 10.2. The number of nitrogens with zero attached hydrogens (tertiary/aromatic N) is 4. The van der Waals surface area contributed by atoms with Gasteiger partial charge in [-0.25, -0.2) is 4.98 Å². The molecule has 3 rings (SSSR count). The zero-order valence-corrected chi connectivity index (χ0v) is 12.6. The van der Waals surface area contributed by atoms with E-state index in [2.05, 4.69) is 30.7 Å². The minimum Gasteiger partial charge on any atom is -0.379 e. The minimum atomic E-state index is 0.490. The van der Waals surface area contributed by atoms with Crippen molar-refractivity contribution in [2.24, 2.45) is 0 Å². The van der Waals surface area contributed by atoms with Crippen molar-refractivity contribution in [1.82, 2.24) is 20.0 Å². The van der Waals surface area contributed by atoms with Crippen LogP contribution in [-0.4, -0.2) is 59.4 Å². The normalized spacial score (nSPS) is 15.7. The summed E-state index contributed by atoms with van der Waals surface area (Å²) in [6.07, 6.45) is 1.71. The smallest absolute Gasteiger partial charge is 0.230 e. The molecule has 1 saturated heterocycles. The SMILES string of the molecule is Cc1cc(Nc2nccc(NCCN3CCOCC3)n2)no1. The van der Waals surface area contributed by atoms with Crippen LogP contribution in [0.5, 0.6) is 0 Å². The topological polar surface area (TPSA) is 88.3 Å². The van der Waals surface area contributed by atoms with E-state index in [1.165, 1.54) is 0 Å². The van der Waals surface area contributed by atoms with Crippen LogP contribution in [0.25, 0.3) is 0 Å². The van der Waals surface area contributed by atoms with Crippen LogP contribution >= 0.6 is 0 Å². The number of hydrogen-bond donors (Lipinski definition) is 2. The molecule has 2 aromatic heterocycles. The molecule has 2 N–H and O–H groups in total. The first kappa shape index (κ1) is 14.7. The van der Waals surface area contributed by atoms with E-state index < -0.39 is 0 Å².